The average molecular weight is 554 g/mol. The Balaban J connectivity index is 1.39. The monoisotopic (exact) mass is 553 g/mol. The van der Waals surface area contributed by atoms with E-state index in [9.17, 15) is 29.8 Å². The largest absolute Gasteiger partial charge is 0.462 e. The summed E-state index contributed by atoms with van der Waals surface area (Å²) in [5.74, 6) is -1.15. The molecule has 3 aromatic rings. The molecule has 0 unspecified atom stereocenters. The number of benzene rings is 2. The molecule has 202 valence electrons. The minimum absolute atomic E-state index is 0.0681. The Morgan fingerprint density at radius 1 is 1.00 bits per heavy atom. The summed E-state index contributed by atoms with van der Waals surface area (Å²) in [6.45, 7) is 3.29. The zero-order chi connectivity index (χ0) is 28.1. The number of piperazine rings is 1. The fourth-order valence-corrected chi connectivity index (χ4v) is 4.39. The Morgan fingerprint density at radius 3 is 2.36 bits per heavy atom. The number of hydrogen-bond donors (Lipinski definition) is 1. The number of nitrogens with zero attached hydrogens (tertiary/aromatic N) is 4. The molecular formula is C25H23N5O8S. The normalized spacial score (nSPS) is 13.1. The Labute approximate surface area is 227 Å². The molecule has 1 aliphatic heterocycles. The zero-order valence-corrected chi connectivity index (χ0v) is 21.5. The number of carbonyl (C=O) groups is 2. The van der Waals surface area contributed by atoms with E-state index in [4.69, 9.17) is 21.4 Å². The molecule has 1 amide bonds. The first kappa shape index (κ1) is 27.2. The average Bonchev–Trinajstić information content (AvgIpc) is 3.43. The molecule has 0 bridgehead atoms. The van der Waals surface area contributed by atoms with Crippen LogP contribution >= 0.6 is 12.2 Å². The van der Waals surface area contributed by atoms with Crippen LogP contribution in [0.1, 0.15) is 27.8 Å². The highest BCUT2D eigenvalue weighted by atomic mass is 32.1. The summed E-state index contributed by atoms with van der Waals surface area (Å²) in [4.78, 5) is 50.2. The van der Waals surface area contributed by atoms with Crippen LogP contribution in [0.25, 0.3) is 11.3 Å². The highest BCUT2D eigenvalue weighted by Crippen LogP contribution is 2.32. The van der Waals surface area contributed by atoms with Crippen molar-refractivity contribution in [1.29, 1.82) is 0 Å². The summed E-state index contributed by atoms with van der Waals surface area (Å²) in [6, 6.07) is 13.1. The van der Waals surface area contributed by atoms with Gasteiger partial charge in [0, 0.05) is 38.3 Å². The second-order valence-electron chi connectivity index (χ2n) is 8.35. The molecule has 14 heteroatoms. The van der Waals surface area contributed by atoms with Crippen molar-refractivity contribution < 1.29 is 28.6 Å². The summed E-state index contributed by atoms with van der Waals surface area (Å²) in [5.41, 5.74) is 0.336. The maximum absolute atomic E-state index is 12.7. The second kappa shape index (κ2) is 11.7. The summed E-state index contributed by atoms with van der Waals surface area (Å²) >= 11 is 5.38. The standard InChI is InChI=1S/C25H23N5O8S/c1-2-37-24(32)16-7-8-19(20(15-16)30(35)36)27-11-13-28(14-12-27)25(39)26-23(31)22-10-9-21(38-22)17-5-3-4-6-18(17)29(33)34/h3-10,15H,2,11-14H2,1H3,(H,26,31,39). The van der Waals surface area contributed by atoms with Crippen LogP contribution in [0.3, 0.4) is 0 Å². The molecule has 1 aromatic heterocycles. The number of furan rings is 1. The molecule has 1 N–H and O–H groups in total. The van der Waals surface area contributed by atoms with E-state index < -0.39 is 21.7 Å². The van der Waals surface area contributed by atoms with E-state index in [1.54, 1.807) is 22.8 Å². The third kappa shape index (κ3) is 6.01. The first-order chi connectivity index (χ1) is 18.7. The molecule has 1 aliphatic rings. The van der Waals surface area contributed by atoms with E-state index in [0.29, 0.717) is 31.9 Å². The van der Waals surface area contributed by atoms with Crippen LogP contribution in [0.15, 0.2) is 59.0 Å². The Morgan fingerprint density at radius 2 is 1.69 bits per heavy atom. The maximum Gasteiger partial charge on any atom is 0.338 e. The van der Waals surface area contributed by atoms with Crippen molar-refractivity contribution in [3.63, 3.8) is 0 Å². The van der Waals surface area contributed by atoms with Gasteiger partial charge < -0.3 is 19.0 Å². The number of hydrogen-bond acceptors (Lipinski definition) is 10. The SMILES string of the molecule is CCOC(=O)c1ccc(N2CCN(C(=S)NC(=O)c3ccc(-c4ccccc4[N+](=O)[O-])o3)CC2)c([N+](=O)[O-])c1. The molecular weight excluding hydrogens is 530 g/mol. The minimum atomic E-state index is -0.635. The van der Waals surface area contributed by atoms with Crippen molar-refractivity contribution in [3.05, 3.63) is 86.1 Å². The topological polar surface area (TPSA) is 161 Å². The third-order valence-corrected chi connectivity index (χ3v) is 6.37. The predicted octanol–water partition coefficient (Wildman–Crippen LogP) is 3.78. The van der Waals surface area contributed by atoms with Crippen molar-refractivity contribution in [2.75, 3.05) is 37.7 Å². The van der Waals surface area contributed by atoms with Gasteiger partial charge in [-0.1, -0.05) is 12.1 Å². The van der Waals surface area contributed by atoms with Crippen molar-refractivity contribution >= 4 is 46.3 Å². The van der Waals surface area contributed by atoms with Crippen LogP contribution in [0.4, 0.5) is 17.1 Å². The zero-order valence-electron chi connectivity index (χ0n) is 20.7. The van der Waals surface area contributed by atoms with Gasteiger partial charge in [0.1, 0.15) is 11.4 Å². The van der Waals surface area contributed by atoms with Gasteiger partial charge in [-0.15, -0.1) is 0 Å². The number of anilines is 1. The number of rotatable bonds is 7. The minimum Gasteiger partial charge on any atom is -0.462 e. The molecule has 39 heavy (non-hydrogen) atoms. The highest BCUT2D eigenvalue weighted by molar-refractivity contribution is 7.80. The first-order valence-corrected chi connectivity index (χ1v) is 12.2. The maximum atomic E-state index is 12.7. The smallest absolute Gasteiger partial charge is 0.338 e. The van der Waals surface area contributed by atoms with Gasteiger partial charge >= 0.3 is 5.97 Å². The van der Waals surface area contributed by atoms with Crippen LogP contribution in [-0.2, 0) is 4.74 Å². The van der Waals surface area contributed by atoms with Crippen LogP contribution in [-0.4, -0.2) is 64.5 Å². The van der Waals surface area contributed by atoms with E-state index in [2.05, 4.69) is 5.32 Å². The number of thiocarbonyl (C=S) groups is 1. The summed E-state index contributed by atoms with van der Waals surface area (Å²) in [5, 5.41) is 25.7. The van der Waals surface area contributed by atoms with Crippen LogP contribution in [0.2, 0.25) is 0 Å². The van der Waals surface area contributed by atoms with E-state index >= 15 is 0 Å². The molecule has 2 heterocycles. The molecule has 0 radical (unpaired) electrons. The van der Waals surface area contributed by atoms with Crippen LogP contribution < -0.4 is 10.2 Å². The number of nitro groups is 2. The number of nitrogens with one attached hydrogen (secondary N) is 1. The Kier molecular flexibility index (Phi) is 8.15. The van der Waals surface area contributed by atoms with Gasteiger partial charge in [-0.05, 0) is 49.5 Å². The van der Waals surface area contributed by atoms with E-state index in [1.807, 2.05) is 0 Å². The summed E-state index contributed by atoms with van der Waals surface area (Å²) < 4.78 is 10.5. The van der Waals surface area contributed by atoms with Crippen LogP contribution in [0.5, 0.6) is 0 Å². The molecule has 0 spiro atoms. The molecule has 2 aromatic carbocycles. The van der Waals surface area contributed by atoms with Crippen molar-refractivity contribution in [2.45, 2.75) is 6.92 Å². The molecule has 1 saturated heterocycles. The number of amides is 1. The lowest BCUT2D eigenvalue weighted by atomic mass is 10.1. The van der Waals surface area contributed by atoms with Crippen LogP contribution in [0, 0.1) is 20.2 Å². The van der Waals surface area contributed by atoms with E-state index in [1.165, 1.54) is 48.5 Å². The highest BCUT2D eigenvalue weighted by Gasteiger charge is 2.27. The van der Waals surface area contributed by atoms with Gasteiger partial charge in [-0.2, -0.15) is 0 Å². The van der Waals surface area contributed by atoms with Gasteiger partial charge in [0.05, 0.1) is 27.6 Å². The Bertz CT molecular complexity index is 1450. The predicted molar refractivity (Wildman–Crippen MR) is 144 cm³/mol. The third-order valence-electron chi connectivity index (χ3n) is 6.01. The fourth-order valence-electron chi connectivity index (χ4n) is 4.11. The molecule has 4 rings (SSSR count). The quantitative estimate of drug-likeness (QED) is 0.196. The van der Waals surface area contributed by atoms with Gasteiger partial charge in [0.15, 0.2) is 10.9 Å². The fraction of sp³-hybridized carbons (Fsp3) is 0.240. The van der Waals surface area contributed by atoms with E-state index in [0.717, 1.165) is 0 Å². The number of esters is 1. The number of nitro benzene ring substituents is 2. The Hall–Kier alpha value is -4.85. The lowest BCUT2D eigenvalue weighted by Gasteiger charge is -2.36. The van der Waals surface area contributed by atoms with Gasteiger partial charge in [-0.25, -0.2) is 4.79 Å². The molecule has 13 nitrogen and oxygen atoms in total. The summed E-state index contributed by atoms with van der Waals surface area (Å²) in [7, 11) is 0. The first-order valence-electron chi connectivity index (χ1n) is 11.8. The second-order valence-corrected chi connectivity index (χ2v) is 8.74. The lowest BCUT2D eigenvalue weighted by Crippen LogP contribution is -2.52. The summed E-state index contributed by atoms with van der Waals surface area (Å²) in [6.07, 6.45) is 0. The van der Waals surface area contributed by atoms with Gasteiger partial charge in [-0.3, -0.25) is 30.3 Å². The number of carbonyl (C=O) groups excluding carboxylic acids is 2. The van der Waals surface area contributed by atoms with Gasteiger partial charge in [0.25, 0.3) is 17.3 Å². The van der Waals surface area contributed by atoms with Gasteiger partial charge in [0.2, 0.25) is 0 Å². The number of ether oxygens (including phenoxy) is 1. The van der Waals surface area contributed by atoms with Crippen molar-refractivity contribution in [3.8, 4) is 11.3 Å². The van der Waals surface area contributed by atoms with Crippen molar-refractivity contribution in [2.24, 2.45) is 0 Å². The molecule has 0 atom stereocenters. The van der Waals surface area contributed by atoms with Crippen molar-refractivity contribution in [1.82, 2.24) is 10.2 Å². The molecule has 1 fully saturated rings. The molecule has 0 aliphatic carbocycles. The van der Waals surface area contributed by atoms with E-state index in [-0.39, 0.29) is 45.7 Å². The number of para-hydroxylation sites is 1. The molecule has 0 saturated carbocycles. The lowest BCUT2D eigenvalue weighted by molar-refractivity contribution is -0.384.